The summed E-state index contributed by atoms with van der Waals surface area (Å²) in [7, 11) is 0. The monoisotopic (exact) mass is 215 g/mol. The second-order valence-corrected chi connectivity index (χ2v) is 3.22. The predicted octanol–water partition coefficient (Wildman–Crippen LogP) is 1.98. The number of hydrogen-bond acceptors (Lipinski definition) is 3. The van der Waals surface area contributed by atoms with Gasteiger partial charge in [0.25, 0.3) is 0 Å². The molecule has 1 aromatic rings. The summed E-state index contributed by atoms with van der Waals surface area (Å²) in [6.07, 6.45) is 0.723. The third kappa shape index (κ3) is 2.75. The quantitative estimate of drug-likeness (QED) is 0.476. The Morgan fingerprint density at radius 2 is 2.38 bits per heavy atom. The number of hydrogen-bond donors (Lipinski definition) is 1. The summed E-state index contributed by atoms with van der Waals surface area (Å²) >= 11 is 10.1. The molecule has 0 unspecified atom stereocenters. The lowest BCUT2D eigenvalue weighted by Gasteiger charge is -2.01. The molecule has 1 heterocycles. The van der Waals surface area contributed by atoms with Crippen molar-refractivity contribution in [2.45, 2.75) is 6.42 Å². The number of thiocarbonyl (C=S) groups is 1. The Kier molecular flexibility index (Phi) is 3.33. The molecule has 0 fully saturated rings. The van der Waals surface area contributed by atoms with Crippen LogP contribution in [0.2, 0.25) is 5.15 Å². The lowest BCUT2D eigenvalue weighted by Crippen LogP contribution is -2.04. The first-order valence-corrected chi connectivity index (χ1v) is 4.24. The van der Waals surface area contributed by atoms with E-state index in [-0.39, 0.29) is 16.6 Å². The number of rotatable bonds is 3. The summed E-state index contributed by atoms with van der Waals surface area (Å²) in [5.41, 5.74) is 0.788. The van der Waals surface area contributed by atoms with E-state index < -0.39 is 0 Å². The standard InChI is InChI=1S/C8H6ClNO2S/c9-7-2-1-5(4-11)6(10-7)3-8(12)13/h1-2,4H,3H2,(H,12,13). The summed E-state index contributed by atoms with van der Waals surface area (Å²) in [5, 5.41) is 8.91. The Balaban J connectivity index is 3.07. The van der Waals surface area contributed by atoms with Gasteiger partial charge in [0.05, 0.1) is 12.1 Å². The Hall–Kier alpha value is -1.00. The molecule has 1 aromatic heterocycles. The van der Waals surface area contributed by atoms with Crippen molar-refractivity contribution in [2.75, 3.05) is 0 Å². The summed E-state index contributed by atoms with van der Waals surface area (Å²) in [4.78, 5) is 14.4. The minimum Gasteiger partial charge on any atom is -0.502 e. The molecule has 0 amide bonds. The van der Waals surface area contributed by atoms with Crippen LogP contribution in [0.3, 0.4) is 0 Å². The van der Waals surface area contributed by atoms with E-state index >= 15 is 0 Å². The highest BCUT2D eigenvalue weighted by Gasteiger charge is 2.06. The molecule has 0 radical (unpaired) electrons. The average Bonchev–Trinajstić information content (AvgIpc) is 2.03. The van der Waals surface area contributed by atoms with Crippen molar-refractivity contribution in [1.29, 1.82) is 0 Å². The number of nitrogens with zero attached hydrogens (tertiary/aromatic N) is 1. The molecule has 13 heavy (non-hydrogen) atoms. The normalized spacial score (nSPS) is 9.62. The zero-order valence-electron chi connectivity index (χ0n) is 6.53. The lowest BCUT2D eigenvalue weighted by molar-refractivity contribution is 0.112. The Labute approximate surface area is 85.4 Å². The molecule has 0 aliphatic heterocycles. The molecule has 0 saturated carbocycles. The van der Waals surface area contributed by atoms with Crippen molar-refractivity contribution in [3.05, 3.63) is 28.5 Å². The third-order valence-corrected chi connectivity index (χ3v) is 1.78. The summed E-state index contributed by atoms with van der Waals surface area (Å²) < 4.78 is 0. The van der Waals surface area contributed by atoms with E-state index in [9.17, 15) is 4.79 Å². The molecular formula is C8H6ClNO2S. The second-order valence-electron chi connectivity index (χ2n) is 2.36. The van der Waals surface area contributed by atoms with Crippen molar-refractivity contribution in [3.63, 3.8) is 0 Å². The molecule has 0 aromatic carbocycles. The first-order chi connectivity index (χ1) is 6.13. The van der Waals surface area contributed by atoms with Gasteiger partial charge in [-0.05, 0) is 24.4 Å². The number of carbonyl (C=O) groups is 1. The molecular weight excluding hydrogens is 210 g/mol. The molecule has 0 saturated heterocycles. The molecule has 1 rings (SSSR count). The summed E-state index contributed by atoms with van der Waals surface area (Å²) in [6.45, 7) is 0. The molecule has 0 aliphatic carbocycles. The molecule has 3 nitrogen and oxygen atoms in total. The zero-order chi connectivity index (χ0) is 9.84. The van der Waals surface area contributed by atoms with Gasteiger partial charge in [-0.15, -0.1) is 0 Å². The van der Waals surface area contributed by atoms with Gasteiger partial charge in [0.15, 0.2) is 11.3 Å². The van der Waals surface area contributed by atoms with Crippen molar-refractivity contribution in [1.82, 2.24) is 4.98 Å². The van der Waals surface area contributed by atoms with Gasteiger partial charge < -0.3 is 5.11 Å². The van der Waals surface area contributed by atoms with Crippen molar-refractivity contribution < 1.29 is 9.90 Å². The highest BCUT2D eigenvalue weighted by Crippen LogP contribution is 2.10. The molecule has 0 atom stereocenters. The molecule has 5 heteroatoms. The van der Waals surface area contributed by atoms with Crippen LogP contribution in [-0.4, -0.2) is 21.4 Å². The fourth-order valence-electron chi connectivity index (χ4n) is 0.878. The van der Waals surface area contributed by atoms with Gasteiger partial charge in [0.2, 0.25) is 0 Å². The van der Waals surface area contributed by atoms with Gasteiger partial charge in [-0.1, -0.05) is 11.6 Å². The minimum atomic E-state index is -0.210. The van der Waals surface area contributed by atoms with Crippen molar-refractivity contribution in [3.8, 4) is 0 Å². The molecule has 0 aliphatic rings. The smallest absolute Gasteiger partial charge is 0.162 e. The Morgan fingerprint density at radius 3 is 2.92 bits per heavy atom. The number of aromatic nitrogens is 1. The van der Waals surface area contributed by atoms with E-state index in [0.29, 0.717) is 17.5 Å². The topological polar surface area (TPSA) is 50.2 Å². The van der Waals surface area contributed by atoms with Crippen LogP contribution >= 0.6 is 23.8 Å². The third-order valence-electron chi connectivity index (χ3n) is 1.42. The van der Waals surface area contributed by atoms with E-state index in [1.807, 2.05) is 0 Å². The first kappa shape index (κ1) is 10.1. The lowest BCUT2D eigenvalue weighted by atomic mass is 10.2. The summed E-state index contributed by atoms with van der Waals surface area (Å²) in [5.74, 6) is 0. The maximum atomic E-state index is 10.5. The van der Waals surface area contributed by atoms with Crippen LogP contribution in [-0.2, 0) is 6.42 Å². The van der Waals surface area contributed by atoms with Crippen LogP contribution < -0.4 is 0 Å². The predicted molar refractivity (Wildman–Crippen MR) is 53.6 cm³/mol. The van der Waals surface area contributed by atoms with Gasteiger partial charge in [-0.2, -0.15) is 0 Å². The highest BCUT2D eigenvalue weighted by atomic mass is 35.5. The largest absolute Gasteiger partial charge is 0.502 e. The minimum absolute atomic E-state index is 0.0734. The highest BCUT2D eigenvalue weighted by molar-refractivity contribution is 7.80. The van der Waals surface area contributed by atoms with Crippen LogP contribution in [0.5, 0.6) is 0 Å². The zero-order valence-corrected chi connectivity index (χ0v) is 8.10. The number of aliphatic hydroxyl groups excluding tert-OH is 1. The number of aldehydes is 1. The molecule has 68 valence electrons. The van der Waals surface area contributed by atoms with E-state index in [4.69, 9.17) is 16.7 Å². The van der Waals surface area contributed by atoms with Gasteiger partial charge >= 0.3 is 0 Å². The van der Waals surface area contributed by atoms with Crippen LogP contribution in [0.25, 0.3) is 0 Å². The maximum absolute atomic E-state index is 10.5. The van der Waals surface area contributed by atoms with Crippen LogP contribution in [0.1, 0.15) is 16.1 Å². The van der Waals surface area contributed by atoms with Crippen LogP contribution in [0.15, 0.2) is 12.1 Å². The fraction of sp³-hybridized carbons (Fsp3) is 0.125. The molecule has 0 bridgehead atoms. The number of halogens is 1. The number of pyridine rings is 1. The Morgan fingerprint density at radius 1 is 1.69 bits per heavy atom. The van der Waals surface area contributed by atoms with Crippen molar-refractivity contribution in [2.24, 2.45) is 0 Å². The van der Waals surface area contributed by atoms with Gasteiger partial charge in [-0.3, -0.25) is 4.79 Å². The van der Waals surface area contributed by atoms with Gasteiger partial charge in [0, 0.05) is 5.56 Å². The number of aliphatic hydroxyl groups is 1. The average molecular weight is 216 g/mol. The van der Waals surface area contributed by atoms with Gasteiger partial charge in [-0.25, -0.2) is 4.98 Å². The van der Waals surface area contributed by atoms with E-state index in [2.05, 4.69) is 17.2 Å². The van der Waals surface area contributed by atoms with Gasteiger partial charge in [0.1, 0.15) is 5.15 Å². The van der Waals surface area contributed by atoms with Crippen LogP contribution in [0.4, 0.5) is 0 Å². The summed E-state index contributed by atoms with van der Waals surface area (Å²) in [6, 6.07) is 3.05. The maximum Gasteiger partial charge on any atom is 0.162 e. The second kappa shape index (κ2) is 4.30. The van der Waals surface area contributed by atoms with E-state index in [0.717, 1.165) is 0 Å². The number of carbonyl (C=O) groups excluding carboxylic acids is 1. The molecule has 0 spiro atoms. The van der Waals surface area contributed by atoms with Crippen molar-refractivity contribution >= 4 is 35.2 Å². The van der Waals surface area contributed by atoms with Crippen LogP contribution in [0, 0.1) is 0 Å². The first-order valence-electron chi connectivity index (χ1n) is 3.46. The van der Waals surface area contributed by atoms with E-state index in [1.54, 1.807) is 0 Å². The molecule has 1 N–H and O–H groups in total. The van der Waals surface area contributed by atoms with E-state index in [1.165, 1.54) is 12.1 Å². The Bertz CT molecular complexity index is 354. The fourth-order valence-corrected chi connectivity index (χ4v) is 1.18. The SMILES string of the molecule is O=Cc1ccc(Cl)nc1CC(O)=S.